The van der Waals surface area contributed by atoms with Gasteiger partial charge in [-0.25, -0.2) is 0 Å². The summed E-state index contributed by atoms with van der Waals surface area (Å²) in [6.45, 7) is 7.51. The third-order valence-corrected chi connectivity index (χ3v) is 1.85. The van der Waals surface area contributed by atoms with Gasteiger partial charge in [-0.2, -0.15) is 0 Å². The molecular formula is C7H15NO. The van der Waals surface area contributed by atoms with Gasteiger partial charge in [0.05, 0.1) is 6.61 Å². The molecule has 0 aromatic carbocycles. The van der Waals surface area contributed by atoms with Gasteiger partial charge in [0, 0.05) is 6.54 Å². The first-order valence-corrected chi connectivity index (χ1v) is 3.74. The molecule has 1 fully saturated rings. The first-order valence-electron chi connectivity index (χ1n) is 3.74. The minimum Gasteiger partial charge on any atom is -0.362 e. The van der Waals surface area contributed by atoms with E-state index in [2.05, 4.69) is 18.7 Å². The van der Waals surface area contributed by atoms with E-state index < -0.39 is 0 Å². The van der Waals surface area contributed by atoms with Crippen molar-refractivity contribution in [2.75, 3.05) is 19.7 Å². The average molecular weight is 129 g/mol. The van der Waals surface area contributed by atoms with Gasteiger partial charge in [-0.1, -0.05) is 13.8 Å². The Balaban J connectivity index is 2.32. The largest absolute Gasteiger partial charge is 0.362 e. The van der Waals surface area contributed by atoms with Gasteiger partial charge in [-0.3, -0.25) is 4.90 Å². The minimum absolute atomic E-state index is 0.412. The fourth-order valence-corrected chi connectivity index (χ4v) is 1.29. The van der Waals surface area contributed by atoms with Gasteiger partial charge >= 0.3 is 0 Å². The Bertz CT molecular complexity index is 75.0. The van der Waals surface area contributed by atoms with E-state index >= 15 is 0 Å². The van der Waals surface area contributed by atoms with Gasteiger partial charge in [-0.15, -0.1) is 0 Å². The molecule has 9 heavy (non-hydrogen) atoms. The normalized spacial score (nSPS) is 29.3. The average Bonchev–Trinajstić information content (AvgIpc) is 2.33. The van der Waals surface area contributed by atoms with Gasteiger partial charge in [0.1, 0.15) is 6.23 Å². The second-order valence-corrected chi connectivity index (χ2v) is 2.36. The summed E-state index contributed by atoms with van der Waals surface area (Å²) in [6.07, 6.45) is 1.53. The first-order chi connectivity index (χ1) is 4.38. The zero-order valence-electron chi connectivity index (χ0n) is 6.26. The summed E-state index contributed by atoms with van der Waals surface area (Å²) in [7, 11) is 0. The molecule has 1 aliphatic rings. The van der Waals surface area contributed by atoms with Gasteiger partial charge < -0.3 is 4.74 Å². The van der Waals surface area contributed by atoms with E-state index in [9.17, 15) is 0 Å². The quantitative estimate of drug-likeness (QED) is 0.553. The van der Waals surface area contributed by atoms with Crippen LogP contribution in [0.3, 0.4) is 0 Å². The molecule has 0 radical (unpaired) electrons. The van der Waals surface area contributed by atoms with Gasteiger partial charge in [0.15, 0.2) is 0 Å². The van der Waals surface area contributed by atoms with E-state index in [1.165, 1.54) is 0 Å². The molecule has 0 unspecified atom stereocenters. The third kappa shape index (κ3) is 1.43. The van der Waals surface area contributed by atoms with E-state index in [4.69, 9.17) is 4.74 Å². The van der Waals surface area contributed by atoms with Crippen molar-refractivity contribution in [3.05, 3.63) is 0 Å². The molecule has 1 heterocycles. The molecule has 0 spiro atoms. The van der Waals surface area contributed by atoms with Crippen LogP contribution in [-0.2, 0) is 4.74 Å². The number of ether oxygens (including phenoxy) is 1. The standard InChI is InChI=1S/C7H15NO/c1-3-7-8(4-2)5-6-9-7/h7H,3-6H2,1-2H3/t7-/m0/s1. The maximum atomic E-state index is 5.43. The zero-order chi connectivity index (χ0) is 6.69. The predicted octanol–water partition coefficient (Wildman–Crippen LogP) is 1.07. The van der Waals surface area contributed by atoms with Crippen molar-refractivity contribution in [3.8, 4) is 0 Å². The van der Waals surface area contributed by atoms with Crippen molar-refractivity contribution in [1.29, 1.82) is 0 Å². The van der Waals surface area contributed by atoms with Crippen LogP contribution in [0.1, 0.15) is 20.3 Å². The maximum absolute atomic E-state index is 5.43. The van der Waals surface area contributed by atoms with Gasteiger partial charge in [-0.05, 0) is 13.0 Å². The van der Waals surface area contributed by atoms with Crippen LogP contribution >= 0.6 is 0 Å². The number of nitrogens with zero attached hydrogens (tertiary/aromatic N) is 1. The topological polar surface area (TPSA) is 12.5 Å². The molecule has 1 atom stereocenters. The summed E-state index contributed by atoms with van der Waals surface area (Å²) in [4.78, 5) is 2.36. The lowest BCUT2D eigenvalue weighted by atomic mass is 10.4. The van der Waals surface area contributed by atoms with E-state index in [0.717, 1.165) is 26.1 Å². The van der Waals surface area contributed by atoms with Crippen molar-refractivity contribution in [3.63, 3.8) is 0 Å². The van der Waals surface area contributed by atoms with E-state index in [1.54, 1.807) is 0 Å². The first kappa shape index (κ1) is 7.03. The maximum Gasteiger partial charge on any atom is 0.110 e. The number of hydrogen-bond donors (Lipinski definition) is 0. The lowest BCUT2D eigenvalue weighted by molar-refractivity contribution is 0.0338. The molecule has 0 aromatic heterocycles. The van der Waals surface area contributed by atoms with E-state index in [-0.39, 0.29) is 0 Å². The van der Waals surface area contributed by atoms with Crippen LogP contribution in [0.5, 0.6) is 0 Å². The van der Waals surface area contributed by atoms with Gasteiger partial charge in [0.25, 0.3) is 0 Å². The summed E-state index contributed by atoms with van der Waals surface area (Å²) < 4.78 is 5.43. The molecule has 1 aliphatic heterocycles. The molecule has 54 valence electrons. The third-order valence-electron chi connectivity index (χ3n) is 1.85. The molecule has 0 aromatic rings. The second kappa shape index (κ2) is 3.18. The van der Waals surface area contributed by atoms with Crippen molar-refractivity contribution in [1.82, 2.24) is 4.90 Å². The molecule has 0 aliphatic carbocycles. The summed E-state index contributed by atoms with van der Waals surface area (Å²) in [5.74, 6) is 0. The van der Waals surface area contributed by atoms with Crippen LogP contribution in [0.2, 0.25) is 0 Å². The highest BCUT2D eigenvalue weighted by Crippen LogP contribution is 2.11. The van der Waals surface area contributed by atoms with Crippen molar-refractivity contribution in [2.45, 2.75) is 26.5 Å². The lowest BCUT2D eigenvalue weighted by Gasteiger charge is -2.18. The van der Waals surface area contributed by atoms with E-state index in [1.807, 2.05) is 0 Å². The predicted molar refractivity (Wildman–Crippen MR) is 37.3 cm³/mol. The number of rotatable bonds is 2. The van der Waals surface area contributed by atoms with Crippen molar-refractivity contribution in [2.24, 2.45) is 0 Å². The van der Waals surface area contributed by atoms with Crippen molar-refractivity contribution >= 4 is 0 Å². The molecule has 0 N–H and O–H groups in total. The Morgan fingerprint density at radius 1 is 1.56 bits per heavy atom. The number of likely N-dealkylation sites (N-methyl/N-ethyl adjacent to an activating group) is 1. The molecule has 0 bridgehead atoms. The molecule has 0 amide bonds. The van der Waals surface area contributed by atoms with Crippen LogP contribution in [0.15, 0.2) is 0 Å². The summed E-state index contributed by atoms with van der Waals surface area (Å²) in [6, 6.07) is 0. The highest BCUT2D eigenvalue weighted by molar-refractivity contribution is 4.65. The zero-order valence-corrected chi connectivity index (χ0v) is 6.26. The fourth-order valence-electron chi connectivity index (χ4n) is 1.29. The van der Waals surface area contributed by atoms with Crippen LogP contribution in [0, 0.1) is 0 Å². The van der Waals surface area contributed by atoms with Crippen molar-refractivity contribution < 1.29 is 4.74 Å². The molecule has 2 heteroatoms. The highest BCUT2D eigenvalue weighted by atomic mass is 16.5. The smallest absolute Gasteiger partial charge is 0.110 e. The molecule has 2 nitrogen and oxygen atoms in total. The van der Waals surface area contributed by atoms with Crippen LogP contribution in [-0.4, -0.2) is 30.8 Å². The SMILES string of the molecule is CC[C@@H]1OCCN1CC. The van der Waals surface area contributed by atoms with Crippen LogP contribution in [0.25, 0.3) is 0 Å². The Labute approximate surface area is 56.8 Å². The Morgan fingerprint density at radius 3 is 2.78 bits per heavy atom. The van der Waals surface area contributed by atoms with Crippen LogP contribution in [0.4, 0.5) is 0 Å². The van der Waals surface area contributed by atoms with Crippen LogP contribution < -0.4 is 0 Å². The molecular weight excluding hydrogens is 114 g/mol. The summed E-state index contributed by atoms with van der Waals surface area (Å²) in [5.41, 5.74) is 0. The Morgan fingerprint density at radius 2 is 2.33 bits per heavy atom. The Kier molecular flexibility index (Phi) is 2.49. The van der Waals surface area contributed by atoms with E-state index in [0.29, 0.717) is 6.23 Å². The highest BCUT2D eigenvalue weighted by Gasteiger charge is 2.20. The Hall–Kier alpha value is -0.0800. The fraction of sp³-hybridized carbons (Fsp3) is 1.00. The monoisotopic (exact) mass is 129 g/mol. The number of hydrogen-bond acceptors (Lipinski definition) is 2. The summed E-state index contributed by atoms with van der Waals surface area (Å²) in [5, 5.41) is 0. The molecule has 1 saturated heterocycles. The minimum atomic E-state index is 0.412. The second-order valence-electron chi connectivity index (χ2n) is 2.36. The summed E-state index contributed by atoms with van der Waals surface area (Å²) >= 11 is 0. The molecule has 0 saturated carbocycles. The molecule has 1 rings (SSSR count). The van der Waals surface area contributed by atoms with Gasteiger partial charge in [0.2, 0.25) is 0 Å². The lowest BCUT2D eigenvalue weighted by Crippen LogP contribution is -2.28.